The second-order valence-corrected chi connectivity index (χ2v) is 4.91. The normalized spacial score (nSPS) is 10.5. The molecule has 2 rings (SSSR count). The van der Waals surface area contributed by atoms with Gasteiger partial charge in [0.15, 0.2) is 11.5 Å². The van der Waals surface area contributed by atoms with Crippen LogP contribution in [0.2, 0.25) is 0 Å². The summed E-state index contributed by atoms with van der Waals surface area (Å²) in [6, 6.07) is 11.3. The number of phenols is 1. The second kappa shape index (κ2) is 6.28. The molecule has 2 aromatic rings. The first-order chi connectivity index (χ1) is 9.58. The number of carbonyl (C=O) groups excluding carboxylic acids is 1. The molecular weight excluding hydrogens is 254 g/mol. The Balaban J connectivity index is 1.96. The van der Waals surface area contributed by atoms with Crippen LogP contribution in [0.4, 0.5) is 0 Å². The molecule has 0 aromatic heterocycles. The van der Waals surface area contributed by atoms with Crippen LogP contribution >= 0.6 is 0 Å². The minimum Gasteiger partial charge on any atom is -0.504 e. The first kappa shape index (κ1) is 14.2. The largest absolute Gasteiger partial charge is 0.504 e. The highest BCUT2D eigenvalue weighted by atomic mass is 16.5. The third-order valence-corrected chi connectivity index (χ3v) is 3.12. The molecule has 4 nitrogen and oxygen atoms in total. The van der Waals surface area contributed by atoms with Crippen LogP contribution in [-0.4, -0.2) is 36.6 Å². The van der Waals surface area contributed by atoms with Crippen LogP contribution in [0.5, 0.6) is 11.5 Å². The van der Waals surface area contributed by atoms with Crippen molar-refractivity contribution in [3.8, 4) is 11.5 Å². The average molecular weight is 273 g/mol. The summed E-state index contributed by atoms with van der Waals surface area (Å²) in [6.07, 6.45) is 1.07. The predicted molar refractivity (Wildman–Crippen MR) is 79.0 cm³/mol. The molecule has 0 aliphatic heterocycles. The molecule has 1 N–H and O–H groups in total. The van der Waals surface area contributed by atoms with E-state index in [0.717, 1.165) is 10.8 Å². The fourth-order valence-corrected chi connectivity index (χ4v) is 1.95. The number of benzene rings is 2. The number of carbonyl (C=O) groups is 1. The van der Waals surface area contributed by atoms with Crippen molar-refractivity contribution in [1.82, 2.24) is 4.90 Å². The zero-order valence-corrected chi connectivity index (χ0v) is 11.8. The van der Waals surface area contributed by atoms with E-state index in [2.05, 4.69) is 0 Å². The van der Waals surface area contributed by atoms with E-state index >= 15 is 0 Å². The Morgan fingerprint density at radius 1 is 1.20 bits per heavy atom. The summed E-state index contributed by atoms with van der Waals surface area (Å²) in [5, 5.41) is 11.9. The highest BCUT2D eigenvalue weighted by Crippen LogP contribution is 2.31. The lowest BCUT2D eigenvalue weighted by Crippen LogP contribution is -2.21. The molecule has 0 atom stereocenters. The fourth-order valence-electron chi connectivity index (χ4n) is 1.95. The Morgan fingerprint density at radius 3 is 2.50 bits per heavy atom. The van der Waals surface area contributed by atoms with Gasteiger partial charge in [-0.3, -0.25) is 4.79 Å². The average Bonchev–Trinajstić information content (AvgIpc) is 2.43. The Labute approximate surface area is 118 Å². The molecule has 0 heterocycles. The van der Waals surface area contributed by atoms with Crippen LogP contribution in [0.3, 0.4) is 0 Å². The maximum absolute atomic E-state index is 11.4. The van der Waals surface area contributed by atoms with Gasteiger partial charge in [-0.25, -0.2) is 0 Å². The Kier molecular flexibility index (Phi) is 4.45. The van der Waals surface area contributed by atoms with Crippen LogP contribution in [0.15, 0.2) is 36.4 Å². The van der Waals surface area contributed by atoms with Gasteiger partial charge in [-0.1, -0.05) is 24.3 Å². The van der Waals surface area contributed by atoms with Crippen molar-refractivity contribution in [2.45, 2.75) is 12.8 Å². The van der Waals surface area contributed by atoms with Crippen molar-refractivity contribution in [3.63, 3.8) is 0 Å². The van der Waals surface area contributed by atoms with Gasteiger partial charge in [-0.15, -0.1) is 0 Å². The summed E-state index contributed by atoms with van der Waals surface area (Å²) in [4.78, 5) is 13.0. The molecule has 0 unspecified atom stereocenters. The van der Waals surface area contributed by atoms with Gasteiger partial charge in [0, 0.05) is 20.5 Å². The van der Waals surface area contributed by atoms with Crippen molar-refractivity contribution >= 4 is 16.7 Å². The van der Waals surface area contributed by atoms with Crippen LogP contribution < -0.4 is 4.74 Å². The molecular formula is C16H19NO3. The SMILES string of the molecule is CN(C)C(=O)CCCOc1cc2ccccc2cc1O. The Morgan fingerprint density at radius 2 is 1.85 bits per heavy atom. The minimum absolute atomic E-state index is 0.0799. The minimum atomic E-state index is 0.0799. The maximum atomic E-state index is 11.4. The van der Waals surface area contributed by atoms with Crippen LogP contribution in [-0.2, 0) is 4.79 Å². The van der Waals surface area contributed by atoms with Crippen LogP contribution in [0.25, 0.3) is 10.8 Å². The molecule has 0 aliphatic rings. The Hall–Kier alpha value is -2.23. The molecule has 0 saturated carbocycles. The van der Waals surface area contributed by atoms with E-state index in [1.54, 1.807) is 25.1 Å². The van der Waals surface area contributed by atoms with Gasteiger partial charge < -0.3 is 14.7 Å². The van der Waals surface area contributed by atoms with Gasteiger partial charge in [0.05, 0.1) is 6.61 Å². The molecule has 0 radical (unpaired) electrons. The first-order valence-electron chi connectivity index (χ1n) is 6.62. The number of phenolic OH excluding ortho intramolecular Hbond substituents is 1. The van der Waals surface area contributed by atoms with E-state index in [-0.39, 0.29) is 11.7 Å². The van der Waals surface area contributed by atoms with E-state index in [1.807, 2.05) is 30.3 Å². The molecule has 0 spiro atoms. The number of amides is 1. The number of hydrogen-bond donors (Lipinski definition) is 1. The lowest BCUT2D eigenvalue weighted by atomic mass is 10.1. The highest BCUT2D eigenvalue weighted by molar-refractivity contribution is 5.85. The Bertz CT molecular complexity index is 608. The van der Waals surface area contributed by atoms with Crippen molar-refractivity contribution in [3.05, 3.63) is 36.4 Å². The number of ether oxygens (including phenoxy) is 1. The lowest BCUT2D eigenvalue weighted by molar-refractivity contribution is -0.128. The van der Waals surface area contributed by atoms with E-state index in [1.165, 1.54) is 0 Å². The molecule has 2 aromatic carbocycles. The van der Waals surface area contributed by atoms with E-state index < -0.39 is 0 Å². The summed E-state index contributed by atoms with van der Waals surface area (Å²) in [7, 11) is 3.47. The van der Waals surface area contributed by atoms with Gasteiger partial charge in [-0.05, 0) is 29.3 Å². The van der Waals surface area contributed by atoms with Crippen LogP contribution in [0, 0.1) is 0 Å². The molecule has 0 bridgehead atoms. The number of aromatic hydroxyl groups is 1. The lowest BCUT2D eigenvalue weighted by Gasteiger charge is -2.11. The van der Waals surface area contributed by atoms with Gasteiger partial charge >= 0.3 is 0 Å². The zero-order valence-electron chi connectivity index (χ0n) is 11.8. The number of fused-ring (bicyclic) bond motifs is 1. The summed E-state index contributed by atoms with van der Waals surface area (Å²) in [6.45, 7) is 0.408. The van der Waals surface area contributed by atoms with Crippen molar-refractivity contribution < 1.29 is 14.6 Å². The molecule has 106 valence electrons. The standard InChI is InChI=1S/C16H19NO3/c1-17(2)16(19)8-5-9-20-15-11-13-7-4-3-6-12(13)10-14(15)18/h3-4,6-7,10-11,18H,5,8-9H2,1-2H3. The smallest absolute Gasteiger partial charge is 0.222 e. The third kappa shape index (κ3) is 3.41. The highest BCUT2D eigenvalue weighted by Gasteiger charge is 2.06. The maximum Gasteiger partial charge on any atom is 0.222 e. The van der Waals surface area contributed by atoms with Crippen molar-refractivity contribution in [2.24, 2.45) is 0 Å². The molecule has 20 heavy (non-hydrogen) atoms. The van der Waals surface area contributed by atoms with E-state index in [0.29, 0.717) is 25.2 Å². The van der Waals surface area contributed by atoms with E-state index in [9.17, 15) is 9.90 Å². The summed E-state index contributed by atoms with van der Waals surface area (Å²) in [5.74, 6) is 0.667. The van der Waals surface area contributed by atoms with Gasteiger partial charge in [0.25, 0.3) is 0 Å². The monoisotopic (exact) mass is 273 g/mol. The molecule has 0 fully saturated rings. The second-order valence-electron chi connectivity index (χ2n) is 4.91. The summed E-state index contributed by atoms with van der Waals surface area (Å²) in [5.41, 5.74) is 0. The number of hydrogen-bond acceptors (Lipinski definition) is 3. The topological polar surface area (TPSA) is 49.8 Å². The van der Waals surface area contributed by atoms with Gasteiger partial charge in [0.1, 0.15) is 0 Å². The van der Waals surface area contributed by atoms with Gasteiger partial charge in [0.2, 0.25) is 5.91 Å². The third-order valence-electron chi connectivity index (χ3n) is 3.12. The van der Waals surface area contributed by atoms with E-state index in [4.69, 9.17) is 4.74 Å². The van der Waals surface area contributed by atoms with Crippen LogP contribution in [0.1, 0.15) is 12.8 Å². The van der Waals surface area contributed by atoms with Crippen molar-refractivity contribution in [2.75, 3.05) is 20.7 Å². The van der Waals surface area contributed by atoms with Crippen molar-refractivity contribution in [1.29, 1.82) is 0 Å². The summed E-state index contributed by atoms with van der Waals surface area (Å²) < 4.78 is 5.55. The quantitative estimate of drug-likeness (QED) is 0.852. The van der Waals surface area contributed by atoms with Gasteiger partial charge in [-0.2, -0.15) is 0 Å². The molecule has 4 heteroatoms. The summed E-state index contributed by atoms with van der Waals surface area (Å²) >= 11 is 0. The molecule has 0 aliphatic carbocycles. The number of nitrogens with zero attached hydrogens (tertiary/aromatic N) is 1. The first-order valence-corrected chi connectivity index (χ1v) is 6.62. The molecule has 1 amide bonds. The predicted octanol–water partition coefficient (Wildman–Crippen LogP) is 2.79. The zero-order chi connectivity index (χ0) is 14.5. The fraction of sp³-hybridized carbons (Fsp3) is 0.312. The molecule has 0 saturated heterocycles. The number of rotatable bonds is 5.